The third kappa shape index (κ3) is 4.14. The number of nitrogens with one attached hydrogen (secondary N) is 1. The van der Waals surface area contributed by atoms with Crippen LogP contribution in [0.5, 0.6) is 11.5 Å². The minimum atomic E-state index is -0.533. The topological polar surface area (TPSA) is 103 Å². The van der Waals surface area contributed by atoms with Crippen molar-refractivity contribution < 1.29 is 14.4 Å². The van der Waals surface area contributed by atoms with E-state index in [0.717, 1.165) is 5.69 Å². The van der Waals surface area contributed by atoms with Crippen LogP contribution in [0, 0.1) is 10.1 Å². The zero-order valence-corrected chi connectivity index (χ0v) is 16.7. The number of hydrogen-bond acceptors (Lipinski definition) is 8. The van der Waals surface area contributed by atoms with Gasteiger partial charge in [-0.15, -0.1) is 0 Å². The van der Waals surface area contributed by atoms with Gasteiger partial charge in [-0.05, 0) is 18.2 Å². The Balaban J connectivity index is 2.08. The number of rotatable bonds is 7. The molecule has 10 heteroatoms. The summed E-state index contributed by atoms with van der Waals surface area (Å²) in [6.45, 7) is 0. The van der Waals surface area contributed by atoms with Gasteiger partial charge in [0.2, 0.25) is 11.6 Å². The molecule has 0 saturated carbocycles. The van der Waals surface area contributed by atoms with Crippen LogP contribution >= 0.6 is 11.6 Å². The van der Waals surface area contributed by atoms with Gasteiger partial charge in [0, 0.05) is 18.8 Å². The molecule has 3 rings (SSSR count). The third-order valence-electron chi connectivity index (χ3n) is 4.17. The predicted octanol–water partition coefficient (Wildman–Crippen LogP) is 4.57. The fourth-order valence-electron chi connectivity index (χ4n) is 2.73. The smallest absolute Gasteiger partial charge is 0.354 e. The number of nitro groups is 1. The number of ether oxygens (including phenoxy) is 2. The molecule has 0 saturated heterocycles. The van der Waals surface area contributed by atoms with Gasteiger partial charge in [0.05, 0.1) is 29.9 Å². The number of hydrogen-bond donors (Lipinski definition) is 1. The molecule has 29 heavy (non-hydrogen) atoms. The van der Waals surface area contributed by atoms with Crippen molar-refractivity contribution in [2.24, 2.45) is 0 Å². The molecule has 0 radical (unpaired) electrons. The lowest BCUT2D eigenvalue weighted by Gasteiger charge is -2.19. The number of nitrogens with zero attached hydrogens (tertiary/aromatic N) is 4. The van der Waals surface area contributed by atoms with E-state index in [1.165, 1.54) is 20.5 Å². The van der Waals surface area contributed by atoms with Crippen LogP contribution in [0.15, 0.2) is 48.8 Å². The molecule has 0 bridgehead atoms. The second-order valence-electron chi connectivity index (χ2n) is 5.86. The monoisotopic (exact) mass is 415 g/mol. The van der Waals surface area contributed by atoms with Crippen molar-refractivity contribution in [1.82, 2.24) is 9.97 Å². The second kappa shape index (κ2) is 8.61. The van der Waals surface area contributed by atoms with Gasteiger partial charge in [-0.3, -0.25) is 10.1 Å². The summed E-state index contributed by atoms with van der Waals surface area (Å²) < 4.78 is 10.5. The average molecular weight is 416 g/mol. The highest BCUT2D eigenvalue weighted by molar-refractivity contribution is 6.32. The summed E-state index contributed by atoms with van der Waals surface area (Å²) in [6, 6.07) is 12.3. The molecule has 0 spiro atoms. The minimum absolute atomic E-state index is 0.00214. The normalized spacial score (nSPS) is 10.3. The number of aromatic nitrogens is 2. The molecule has 0 amide bonds. The molecule has 9 nitrogen and oxygen atoms in total. The van der Waals surface area contributed by atoms with E-state index < -0.39 is 4.92 Å². The fourth-order valence-corrected chi connectivity index (χ4v) is 2.97. The van der Waals surface area contributed by atoms with Crippen LogP contribution in [0.1, 0.15) is 0 Å². The van der Waals surface area contributed by atoms with Crippen molar-refractivity contribution in [2.75, 3.05) is 31.5 Å². The summed E-state index contributed by atoms with van der Waals surface area (Å²) in [6.07, 6.45) is 1.25. The Morgan fingerprint density at radius 3 is 2.41 bits per heavy atom. The van der Waals surface area contributed by atoms with E-state index in [9.17, 15) is 10.1 Å². The van der Waals surface area contributed by atoms with Crippen LogP contribution < -0.4 is 19.7 Å². The fraction of sp³-hybridized carbons (Fsp3) is 0.158. The summed E-state index contributed by atoms with van der Waals surface area (Å²) >= 11 is 6.19. The largest absolute Gasteiger partial charge is 0.495 e. The molecule has 1 heterocycles. The van der Waals surface area contributed by atoms with Crippen molar-refractivity contribution >= 4 is 40.3 Å². The van der Waals surface area contributed by atoms with Gasteiger partial charge < -0.3 is 19.7 Å². The van der Waals surface area contributed by atoms with Gasteiger partial charge in [-0.25, -0.2) is 9.97 Å². The molecule has 1 aromatic heterocycles. The lowest BCUT2D eigenvalue weighted by molar-refractivity contribution is -0.383. The van der Waals surface area contributed by atoms with Crippen LogP contribution in [0.2, 0.25) is 5.02 Å². The van der Waals surface area contributed by atoms with Crippen LogP contribution in [-0.2, 0) is 0 Å². The third-order valence-corrected chi connectivity index (χ3v) is 4.47. The molecular weight excluding hydrogens is 398 g/mol. The maximum absolute atomic E-state index is 11.9. The molecule has 150 valence electrons. The molecule has 3 aromatic rings. The van der Waals surface area contributed by atoms with Crippen LogP contribution in [-0.4, -0.2) is 36.2 Å². The Kier molecular flexibility index (Phi) is 5.99. The summed E-state index contributed by atoms with van der Waals surface area (Å²) in [4.78, 5) is 21.1. The molecule has 0 aliphatic rings. The van der Waals surface area contributed by atoms with Gasteiger partial charge in [0.1, 0.15) is 17.8 Å². The molecule has 0 unspecified atom stereocenters. The van der Waals surface area contributed by atoms with Gasteiger partial charge in [-0.1, -0.05) is 29.8 Å². The maximum Gasteiger partial charge on any atom is 0.354 e. The number of para-hydroxylation sites is 1. The first-order valence-electron chi connectivity index (χ1n) is 8.43. The number of benzene rings is 2. The number of halogens is 1. The molecule has 0 aliphatic carbocycles. The van der Waals surface area contributed by atoms with Crippen molar-refractivity contribution in [2.45, 2.75) is 0 Å². The Morgan fingerprint density at radius 1 is 1.10 bits per heavy atom. The van der Waals surface area contributed by atoms with E-state index in [0.29, 0.717) is 22.2 Å². The van der Waals surface area contributed by atoms with Crippen LogP contribution in [0.4, 0.5) is 28.7 Å². The standard InChI is InChI=1S/C19H18ClN5O4/c1-24(12-7-5-4-6-8-12)19-17(25(26)27)18(21-11-22-19)23-14-9-13(20)15(28-2)10-16(14)29-3/h4-11H,1-3H3,(H,21,22,23). The Hall–Kier alpha value is -3.59. The molecule has 0 atom stereocenters. The highest BCUT2D eigenvalue weighted by Crippen LogP contribution is 2.40. The van der Waals surface area contributed by atoms with Crippen molar-refractivity contribution in [3.63, 3.8) is 0 Å². The first-order chi connectivity index (χ1) is 14.0. The average Bonchev–Trinajstić information content (AvgIpc) is 2.73. The van der Waals surface area contributed by atoms with E-state index in [2.05, 4.69) is 15.3 Å². The highest BCUT2D eigenvalue weighted by Gasteiger charge is 2.27. The SMILES string of the molecule is COc1cc(OC)c(Nc2ncnc(N(C)c3ccccc3)c2[N+](=O)[O-])cc1Cl. The highest BCUT2D eigenvalue weighted by atomic mass is 35.5. The van der Waals surface area contributed by atoms with Crippen LogP contribution in [0.3, 0.4) is 0 Å². The van der Waals surface area contributed by atoms with Crippen LogP contribution in [0.25, 0.3) is 0 Å². The summed E-state index contributed by atoms with van der Waals surface area (Å²) in [5.41, 5.74) is 0.853. The minimum Gasteiger partial charge on any atom is -0.495 e. The van der Waals surface area contributed by atoms with Crippen molar-refractivity contribution in [3.05, 3.63) is 63.9 Å². The lowest BCUT2D eigenvalue weighted by Crippen LogP contribution is -2.15. The maximum atomic E-state index is 11.9. The van der Waals surface area contributed by atoms with Gasteiger partial charge in [0.15, 0.2) is 0 Å². The van der Waals surface area contributed by atoms with Crippen molar-refractivity contribution in [1.29, 1.82) is 0 Å². The van der Waals surface area contributed by atoms with E-state index >= 15 is 0 Å². The van der Waals surface area contributed by atoms with Crippen molar-refractivity contribution in [3.8, 4) is 11.5 Å². The lowest BCUT2D eigenvalue weighted by atomic mass is 10.2. The zero-order chi connectivity index (χ0) is 21.0. The van der Waals surface area contributed by atoms with E-state index in [4.69, 9.17) is 21.1 Å². The quantitative estimate of drug-likeness (QED) is 0.442. The van der Waals surface area contributed by atoms with E-state index in [-0.39, 0.29) is 17.3 Å². The predicted molar refractivity (Wildman–Crippen MR) is 111 cm³/mol. The number of anilines is 4. The summed E-state index contributed by atoms with van der Waals surface area (Å²) in [7, 11) is 4.64. The first-order valence-corrected chi connectivity index (χ1v) is 8.80. The Bertz CT molecular complexity index is 1030. The zero-order valence-electron chi connectivity index (χ0n) is 15.9. The Labute approximate surface area is 172 Å². The molecule has 0 fully saturated rings. The summed E-state index contributed by atoms with van der Waals surface area (Å²) in [5, 5.41) is 15.1. The van der Waals surface area contributed by atoms with Gasteiger partial charge in [0.25, 0.3) is 0 Å². The van der Waals surface area contributed by atoms with Gasteiger partial charge >= 0.3 is 5.69 Å². The van der Waals surface area contributed by atoms with E-state index in [1.54, 1.807) is 24.1 Å². The van der Waals surface area contributed by atoms with Gasteiger partial charge in [-0.2, -0.15) is 0 Å². The van der Waals surface area contributed by atoms with E-state index in [1.807, 2.05) is 30.3 Å². The second-order valence-corrected chi connectivity index (χ2v) is 6.27. The first kappa shape index (κ1) is 20.2. The molecule has 0 aliphatic heterocycles. The molecule has 1 N–H and O–H groups in total. The summed E-state index contributed by atoms with van der Waals surface area (Å²) in [5.74, 6) is 0.937. The number of methoxy groups -OCH3 is 2. The Morgan fingerprint density at radius 2 is 1.79 bits per heavy atom. The molecular formula is C19H18ClN5O4. The molecule has 2 aromatic carbocycles.